The van der Waals surface area contributed by atoms with E-state index in [9.17, 15) is 0 Å². The van der Waals surface area contributed by atoms with Gasteiger partial charge in [-0.3, -0.25) is 0 Å². The maximum atomic E-state index is 3.45. The zero-order valence-electron chi connectivity index (χ0n) is 12.4. The van der Waals surface area contributed by atoms with Crippen LogP contribution < -0.4 is 5.32 Å². The van der Waals surface area contributed by atoms with E-state index in [-0.39, 0.29) is 0 Å². The average Bonchev–Trinajstić information content (AvgIpc) is 3.02. The molecule has 1 aliphatic heterocycles. The van der Waals surface area contributed by atoms with Crippen LogP contribution in [-0.4, -0.2) is 49.1 Å². The Bertz CT molecular complexity index is 278. The number of rotatable bonds is 6. The van der Waals surface area contributed by atoms with Gasteiger partial charge in [-0.1, -0.05) is 6.42 Å². The number of fused-ring (bicyclic) bond motifs is 2. The zero-order chi connectivity index (χ0) is 13.1. The Balaban J connectivity index is 1.29. The van der Waals surface area contributed by atoms with Crippen molar-refractivity contribution in [1.29, 1.82) is 0 Å². The van der Waals surface area contributed by atoms with Crippen molar-refractivity contribution in [2.75, 3.05) is 39.0 Å². The van der Waals surface area contributed by atoms with E-state index >= 15 is 0 Å². The largest absolute Gasteiger partial charge is 0.317 e. The fourth-order valence-electron chi connectivity index (χ4n) is 4.43. The normalized spacial score (nSPS) is 35.4. The van der Waals surface area contributed by atoms with Crippen LogP contribution >= 0.6 is 11.8 Å². The maximum absolute atomic E-state index is 3.45. The van der Waals surface area contributed by atoms with E-state index in [0.717, 1.165) is 23.0 Å². The second kappa shape index (κ2) is 6.82. The predicted molar refractivity (Wildman–Crippen MR) is 84.8 cm³/mol. The summed E-state index contributed by atoms with van der Waals surface area (Å²) in [6.45, 7) is 5.13. The molecule has 0 aromatic rings. The van der Waals surface area contributed by atoms with Crippen molar-refractivity contribution in [3.8, 4) is 0 Å². The Kier molecular flexibility index (Phi) is 5.10. The van der Waals surface area contributed by atoms with Gasteiger partial charge in [-0.15, -0.1) is 0 Å². The molecule has 1 heterocycles. The SMILES string of the molecule is CN(CCSC1CCNCC1)CC1CC2CCC1C2. The zero-order valence-corrected chi connectivity index (χ0v) is 13.3. The van der Waals surface area contributed by atoms with Gasteiger partial charge in [0.25, 0.3) is 0 Å². The fraction of sp³-hybridized carbons (Fsp3) is 1.00. The van der Waals surface area contributed by atoms with Crippen molar-refractivity contribution in [1.82, 2.24) is 10.2 Å². The van der Waals surface area contributed by atoms with Crippen molar-refractivity contribution in [2.24, 2.45) is 17.8 Å². The molecule has 3 unspecified atom stereocenters. The summed E-state index contributed by atoms with van der Waals surface area (Å²) in [7, 11) is 2.34. The minimum absolute atomic E-state index is 0.928. The molecule has 2 nitrogen and oxygen atoms in total. The number of nitrogens with zero attached hydrogens (tertiary/aromatic N) is 1. The first-order valence-electron chi connectivity index (χ1n) is 8.32. The van der Waals surface area contributed by atoms with Gasteiger partial charge in [0.15, 0.2) is 0 Å². The summed E-state index contributed by atoms with van der Waals surface area (Å²) >= 11 is 2.22. The van der Waals surface area contributed by atoms with E-state index in [1.165, 1.54) is 64.0 Å². The van der Waals surface area contributed by atoms with E-state index in [2.05, 4.69) is 29.0 Å². The summed E-state index contributed by atoms with van der Waals surface area (Å²) in [4.78, 5) is 2.61. The summed E-state index contributed by atoms with van der Waals surface area (Å²) in [5.74, 6) is 4.56. The van der Waals surface area contributed by atoms with Gasteiger partial charge in [-0.25, -0.2) is 0 Å². The van der Waals surface area contributed by atoms with E-state index in [1.54, 1.807) is 6.42 Å². The highest BCUT2D eigenvalue weighted by atomic mass is 32.2. The van der Waals surface area contributed by atoms with Crippen LogP contribution in [0.15, 0.2) is 0 Å². The lowest BCUT2D eigenvalue weighted by atomic mass is 9.88. The Morgan fingerprint density at radius 3 is 2.63 bits per heavy atom. The molecule has 2 bridgehead atoms. The second-order valence-corrected chi connectivity index (χ2v) is 8.43. The van der Waals surface area contributed by atoms with Crippen LogP contribution in [0.1, 0.15) is 38.5 Å². The molecule has 2 saturated carbocycles. The molecule has 3 rings (SSSR count). The average molecular weight is 282 g/mol. The van der Waals surface area contributed by atoms with E-state index < -0.39 is 0 Å². The number of hydrogen-bond donors (Lipinski definition) is 1. The first kappa shape index (κ1) is 14.2. The van der Waals surface area contributed by atoms with Crippen molar-refractivity contribution in [2.45, 2.75) is 43.8 Å². The first-order chi connectivity index (χ1) is 9.31. The van der Waals surface area contributed by atoms with Crippen LogP contribution in [-0.2, 0) is 0 Å². The monoisotopic (exact) mass is 282 g/mol. The number of piperidine rings is 1. The summed E-state index contributed by atoms with van der Waals surface area (Å²) in [5.41, 5.74) is 0. The smallest absolute Gasteiger partial charge is 0.00716 e. The number of thioether (sulfide) groups is 1. The Labute approximate surface area is 123 Å². The van der Waals surface area contributed by atoms with Crippen LogP contribution in [0.3, 0.4) is 0 Å². The van der Waals surface area contributed by atoms with Gasteiger partial charge in [0.05, 0.1) is 0 Å². The molecule has 2 aliphatic carbocycles. The summed E-state index contributed by atoms with van der Waals surface area (Å²) in [6.07, 6.45) is 8.92. The molecular weight excluding hydrogens is 252 g/mol. The Morgan fingerprint density at radius 1 is 1.11 bits per heavy atom. The third-order valence-electron chi connectivity index (χ3n) is 5.54. The van der Waals surface area contributed by atoms with Gasteiger partial charge in [-0.2, -0.15) is 11.8 Å². The molecule has 3 atom stereocenters. The maximum Gasteiger partial charge on any atom is 0.00716 e. The van der Waals surface area contributed by atoms with E-state index in [4.69, 9.17) is 0 Å². The van der Waals surface area contributed by atoms with Crippen molar-refractivity contribution < 1.29 is 0 Å². The molecule has 0 amide bonds. The number of nitrogens with one attached hydrogen (secondary N) is 1. The molecule has 0 aromatic heterocycles. The van der Waals surface area contributed by atoms with Crippen LogP contribution in [0.2, 0.25) is 0 Å². The summed E-state index contributed by atoms with van der Waals surface area (Å²) < 4.78 is 0. The molecular formula is C16H30N2S. The lowest BCUT2D eigenvalue weighted by Gasteiger charge is -2.28. The fourth-order valence-corrected chi connectivity index (χ4v) is 5.75. The topological polar surface area (TPSA) is 15.3 Å². The quantitative estimate of drug-likeness (QED) is 0.806. The molecule has 19 heavy (non-hydrogen) atoms. The van der Waals surface area contributed by atoms with Crippen molar-refractivity contribution in [3.63, 3.8) is 0 Å². The molecule has 3 heteroatoms. The third-order valence-corrected chi connectivity index (χ3v) is 6.90. The number of hydrogen-bond acceptors (Lipinski definition) is 3. The van der Waals surface area contributed by atoms with Gasteiger partial charge in [0, 0.05) is 24.1 Å². The highest BCUT2D eigenvalue weighted by Crippen LogP contribution is 2.48. The highest BCUT2D eigenvalue weighted by molar-refractivity contribution is 7.99. The lowest BCUT2D eigenvalue weighted by molar-refractivity contribution is 0.228. The molecule has 110 valence electrons. The first-order valence-corrected chi connectivity index (χ1v) is 9.37. The molecule has 1 N–H and O–H groups in total. The standard InChI is InChI=1S/C16H30N2S/c1-18(8-9-19-16-4-6-17-7-5-16)12-15-11-13-2-3-14(15)10-13/h13-17H,2-12H2,1H3. The molecule has 0 spiro atoms. The van der Waals surface area contributed by atoms with Gasteiger partial charge >= 0.3 is 0 Å². The molecule has 0 radical (unpaired) electrons. The van der Waals surface area contributed by atoms with Gasteiger partial charge in [-0.05, 0) is 70.0 Å². The summed E-state index contributed by atoms with van der Waals surface area (Å²) in [6, 6.07) is 0. The van der Waals surface area contributed by atoms with Crippen molar-refractivity contribution in [3.05, 3.63) is 0 Å². The Morgan fingerprint density at radius 2 is 1.95 bits per heavy atom. The van der Waals surface area contributed by atoms with Crippen LogP contribution in [0.5, 0.6) is 0 Å². The van der Waals surface area contributed by atoms with E-state index in [1.807, 2.05) is 0 Å². The lowest BCUT2D eigenvalue weighted by Crippen LogP contribution is -2.32. The summed E-state index contributed by atoms with van der Waals surface area (Å²) in [5, 5.41) is 4.38. The van der Waals surface area contributed by atoms with Crippen LogP contribution in [0.25, 0.3) is 0 Å². The third kappa shape index (κ3) is 3.89. The minimum atomic E-state index is 0.928. The van der Waals surface area contributed by atoms with Gasteiger partial charge < -0.3 is 10.2 Å². The van der Waals surface area contributed by atoms with E-state index in [0.29, 0.717) is 0 Å². The minimum Gasteiger partial charge on any atom is -0.317 e. The molecule has 3 aliphatic rings. The molecule has 0 aromatic carbocycles. The van der Waals surface area contributed by atoms with Gasteiger partial charge in [0.1, 0.15) is 0 Å². The van der Waals surface area contributed by atoms with Crippen LogP contribution in [0, 0.1) is 17.8 Å². The van der Waals surface area contributed by atoms with Crippen LogP contribution in [0.4, 0.5) is 0 Å². The van der Waals surface area contributed by atoms with Gasteiger partial charge in [0.2, 0.25) is 0 Å². The second-order valence-electron chi connectivity index (χ2n) is 7.02. The molecule has 3 fully saturated rings. The highest BCUT2D eigenvalue weighted by Gasteiger charge is 2.39. The predicted octanol–water partition coefficient (Wildman–Crippen LogP) is 2.84. The Hall–Kier alpha value is 0.270. The molecule has 1 saturated heterocycles. The van der Waals surface area contributed by atoms with Crippen molar-refractivity contribution >= 4 is 11.8 Å².